The van der Waals surface area contributed by atoms with E-state index in [1.165, 1.54) is 13.0 Å². The minimum Gasteiger partial charge on any atom is -0.507 e. The van der Waals surface area contributed by atoms with Crippen molar-refractivity contribution in [2.45, 2.75) is 20.8 Å². The highest BCUT2D eigenvalue weighted by Crippen LogP contribution is 2.30. The smallest absolute Gasteiger partial charge is 0.163 e. The number of phenols is 1. The van der Waals surface area contributed by atoms with Gasteiger partial charge in [0.25, 0.3) is 0 Å². The van der Waals surface area contributed by atoms with Gasteiger partial charge in [0.1, 0.15) is 5.75 Å². The maximum Gasteiger partial charge on any atom is 0.163 e. The average molecular weight is 199 g/mol. The zero-order chi connectivity index (χ0) is 10.2. The fourth-order valence-electron chi connectivity index (χ4n) is 1.38. The molecular formula is C10H11ClO2. The Bertz CT molecular complexity index is 370. The third-order valence-electron chi connectivity index (χ3n) is 2.01. The van der Waals surface area contributed by atoms with Gasteiger partial charge >= 0.3 is 0 Å². The van der Waals surface area contributed by atoms with Crippen molar-refractivity contribution in [3.05, 3.63) is 27.8 Å². The summed E-state index contributed by atoms with van der Waals surface area (Å²) in [6.07, 6.45) is 0. The van der Waals surface area contributed by atoms with Crippen LogP contribution >= 0.6 is 11.6 Å². The first-order valence-corrected chi connectivity index (χ1v) is 4.32. The number of benzene rings is 1. The molecule has 3 heteroatoms. The standard InChI is InChI=1S/C10H11ClO2/c1-5-4-8(13)9(7(3)12)6(2)10(5)11/h4,13H,1-3H3. The van der Waals surface area contributed by atoms with Crippen LogP contribution < -0.4 is 0 Å². The van der Waals surface area contributed by atoms with Crippen LogP contribution in [0.25, 0.3) is 0 Å². The second-order valence-electron chi connectivity index (χ2n) is 3.08. The molecule has 1 rings (SSSR count). The first-order valence-electron chi connectivity index (χ1n) is 3.94. The first-order chi connectivity index (χ1) is 5.95. The monoisotopic (exact) mass is 198 g/mol. The van der Waals surface area contributed by atoms with Crippen molar-refractivity contribution in [2.24, 2.45) is 0 Å². The number of aromatic hydroxyl groups is 1. The fourth-order valence-corrected chi connectivity index (χ4v) is 1.53. The Hall–Kier alpha value is -1.02. The SMILES string of the molecule is CC(=O)c1c(O)cc(C)c(Cl)c1C. The molecule has 70 valence electrons. The minimum atomic E-state index is -0.170. The number of aryl methyl sites for hydroxylation is 1. The van der Waals surface area contributed by atoms with Crippen LogP contribution in [0.3, 0.4) is 0 Å². The lowest BCUT2D eigenvalue weighted by atomic mass is 10.0. The van der Waals surface area contributed by atoms with Gasteiger partial charge in [-0.3, -0.25) is 4.79 Å². The van der Waals surface area contributed by atoms with Gasteiger partial charge in [0, 0.05) is 5.02 Å². The van der Waals surface area contributed by atoms with Gasteiger partial charge in [-0.2, -0.15) is 0 Å². The third-order valence-corrected chi connectivity index (χ3v) is 2.59. The fraction of sp³-hybridized carbons (Fsp3) is 0.300. The van der Waals surface area contributed by atoms with Gasteiger partial charge in [0.15, 0.2) is 5.78 Å². The van der Waals surface area contributed by atoms with Gasteiger partial charge in [-0.15, -0.1) is 0 Å². The molecular weight excluding hydrogens is 188 g/mol. The molecule has 1 N–H and O–H groups in total. The van der Waals surface area contributed by atoms with Gasteiger partial charge in [0.05, 0.1) is 5.56 Å². The van der Waals surface area contributed by atoms with Crippen LogP contribution in [-0.4, -0.2) is 10.9 Å². The van der Waals surface area contributed by atoms with Crippen LogP contribution in [-0.2, 0) is 0 Å². The molecule has 0 heterocycles. The van der Waals surface area contributed by atoms with Gasteiger partial charge in [-0.05, 0) is 38.0 Å². The molecule has 0 amide bonds. The lowest BCUT2D eigenvalue weighted by Crippen LogP contribution is -1.98. The van der Waals surface area contributed by atoms with Crippen LogP contribution in [0, 0.1) is 13.8 Å². The number of hydrogen-bond donors (Lipinski definition) is 1. The van der Waals surface area contributed by atoms with Crippen molar-refractivity contribution >= 4 is 17.4 Å². The molecule has 13 heavy (non-hydrogen) atoms. The number of halogens is 1. The molecule has 0 saturated carbocycles. The molecule has 0 aliphatic carbocycles. The molecule has 1 aromatic rings. The molecule has 0 atom stereocenters. The van der Waals surface area contributed by atoms with Crippen LogP contribution in [0.2, 0.25) is 5.02 Å². The summed E-state index contributed by atoms with van der Waals surface area (Å²) in [6.45, 7) is 4.93. The Morgan fingerprint density at radius 1 is 1.46 bits per heavy atom. The number of hydrogen-bond acceptors (Lipinski definition) is 2. The quantitative estimate of drug-likeness (QED) is 0.705. The van der Waals surface area contributed by atoms with Crippen molar-refractivity contribution in [3.8, 4) is 5.75 Å². The Kier molecular flexibility index (Phi) is 2.62. The molecule has 2 nitrogen and oxygen atoms in total. The maximum atomic E-state index is 11.1. The van der Waals surface area contributed by atoms with Crippen LogP contribution in [0.1, 0.15) is 28.4 Å². The van der Waals surface area contributed by atoms with Gasteiger partial charge in [-0.25, -0.2) is 0 Å². The predicted octanol–water partition coefficient (Wildman–Crippen LogP) is 2.87. The number of carbonyl (C=O) groups is 1. The topological polar surface area (TPSA) is 37.3 Å². The molecule has 1 aromatic carbocycles. The first kappa shape index (κ1) is 10.1. The molecule has 0 aromatic heterocycles. The van der Waals surface area contributed by atoms with Gasteiger partial charge in [-0.1, -0.05) is 11.6 Å². The highest BCUT2D eigenvalue weighted by atomic mass is 35.5. The number of carbonyl (C=O) groups excluding carboxylic acids is 1. The molecule has 0 aliphatic heterocycles. The molecule has 0 saturated heterocycles. The van der Waals surface area contributed by atoms with E-state index in [0.717, 1.165) is 5.56 Å². The van der Waals surface area contributed by atoms with Gasteiger partial charge in [0.2, 0.25) is 0 Å². The molecule has 0 spiro atoms. The summed E-state index contributed by atoms with van der Waals surface area (Å²) in [5.41, 5.74) is 1.74. The molecule has 0 unspecified atom stereocenters. The number of ketones is 1. The number of phenolic OH excluding ortho intramolecular Hbond substituents is 1. The van der Waals surface area contributed by atoms with E-state index in [-0.39, 0.29) is 11.5 Å². The van der Waals surface area contributed by atoms with Gasteiger partial charge < -0.3 is 5.11 Å². The van der Waals surface area contributed by atoms with E-state index in [2.05, 4.69) is 0 Å². The van der Waals surface area contributed by atoms with E-state index >= 15 is 0 Å². The highest BCUT2D eigenvalue weighted by molar-refractivity contribution is 6.32. The minimum absolute atomic E-state index is 0.00639. The van der Waals surface area contributed by atoms with Crippen molar-refractivity contribution in [1.29, 1.82) is 0 Å². The van der Waals surface area contributed by atoms with E-state index in [0.29, 0.717) is 16.1 Å². The predicted molar refractivity (Wildman–Crippen MR) is 52.6 cm³/mol. The number of rotatable bonds is 1. The summed E-state index contributed by atoms with van der Waals surface area (Å²) >= 11 is 5.94. The summed E-state index contributed by atoms with van der Waals surface area (Å²) in [5, 5.41) is 10.0. The second-order valence-corrected chi connectivity index (χ2v) is 3.46. The zero-order valence-corrected chi connectivity index (χ0v) is 8.57. The lowest BCUT2D eigenvalue weighted by Gasteiger charge is -2.09. The largest absolute Gasteiger partial charge is 0.507 e. The van der Waals surface area contributed by atoms with E-state index in [4.69, 9.17) is 11.6 Å². The third kappa shape index (κ3) is 1.68. The van der Waals surface area contributed by atoms with Crippen molar-refractivity contribution in [1.82, 2.24) is 0 Å². The Balaban J connectivity index is 3.53. The van der Waals surface area contributed by atoms with E-state index < -0.39 is 0 Å². The summed E-state index contributed by atoms with van der Waals surface area (Å²) in [6, 6.07) is 1.51. The van der Waals surface area contributed by atoms with E-state index in [9.17, 15) is 9.90 Å². The maximum absolute atomic E-state index is 11.1. The van der Waals surface area contributed by atoms with Crippen molar-refractivity contribution in [3.63, 3.8) is 0 Å². The molecule has 0 fully saturated rings. The lowest BCUT2D eigenvalue weighted by molar-refractivity contribution is 0.101. The summed E-state index contributed by atoms with van der Waals surface area (Å²) in [4.78, 5) is 11.1. The summed E-state index contributed by atoms with van der Waals surface area (Å²) in [5.74, 6) is -0.163. The van der Waals surface area contributed by atoms with Crippen LogP contribution in [0.4, 0.5) is 0 Å². The zero-order valence-electron chi connectivity index (χ0n) is 7.81. The normalized spacial score (nSPS) is 10.2. The Morgan fingerprint density at radius 2 is 2.00 bits per heavy atom. The van der Waals surface area contributed by atoms with Crippen molar-refractivity contribution in [2.75, 3.05) is 0 Å². The van der Waals surface area contributed by atoms with E-state index in [1.807, 2.05) is 0 Å². The summed E-state index contributed by atoms with van der Waals surface area (Å²) < 4.78 is 0. The second kappa shape index (κ2) is 3.38. The average Bonchev–Trinajstić information content (AvgIpc) is 1.99. The number of Topliss-reactive ketones (excluding diaryl/α,β-unsaturated/α-hetero) is 1. The van der Waals surface area contributed by atoms with Crippen molar-refractivity contribution < 1.29 is 9.90 Å². The summed E-state index contributed by atoms with van der Waals surface area (Å²) in [7, 11) is 0. The molecule has 0 aliphatic rings. The Labute approximate surface area is 82.2 Å². The molecule has 0 radical (unpaired) electrons. The van der Waals surface area contributed by atoms with Crippen LogP contribution in [0.15, 0.2) is 6.07 Å². The van der Waals surface area contributed by atoms with E-state index in [1.54, 1.807) is 13.8 Å². The highest BCUT2D eigenvalue weighted by Gasteiger charge is 2.14. The van der Waals surface area contributed by atoms with Crippen LogP contribution in [0.5, 0.6) is 5.75 Å². The Morgan fingerprint density at radius 3 is 2.46 bits per heavy atom. The molecule has 0 bridgehead atoms.